The summed E-state index contributed by atoms with van der Waals surface area (Å²) in [6, 6.07) is 9.28. The van der Waals surface area contributed by atoms with Crippen LogP contribution >= 0.6 is 0 Å². The molecule has 0 aromatic heterocycles. The monoisotopic (exact) mass is 343 g/mol. The topological polar surface area (TPSA) is 69.2 Å². The molecule has 0 atom stereocenters. The molecular weight excluding hydrogens is 323 g/mol. The number of amidine groups is 1. The van der Waals surface area contributed by atoms with Gasteiger partial charge in [0.25, 0.3) is 0 Å². The highest BCUT2D eigenvalue weighted by Gasteiger charge is 2.27. The molecule has 0 bridgehead atoms. The van der Waals surface area contributed by atoms with Crippen LogP contribution in [-0.4, -0.2) is 51.2 Å². The fourth-order valence-electron chi connectivity index (χ4n) is 1.56. The molecule has 0 saturated heterocycles. The second-order valence-electron chi connectivity index (χ2n) is 4.68. The van der Waals surface area contributed by atoms with Crippen molar-refractivity contribution in [3.05, 3.63) is 48.2 Å². The molecule has 5 nitrogen and oxygen atoms in total. The standard InChI is InChI=1S/C16H20F3N3O2/c1-13(20)11-22-15(14-5-3-2-4-6-14)21-7-8-23-9-10-24-12-16(17,18)19/h2-6,11H,1,7-10,12,20H2/b21-15-,22-11-. The molecule has 1 aromatic rings. The van der Waals surface area contributed by atoms with Crippen molar-refractivity contribution in [3.8, 4) is 0 Å². The Balaban J connectivity index is 2.39. The van der Waals surface area contributed by atoms with Crippen LogP contribution in [0.1, 0.15) is 5.56 Å². The van der Waals surface area contributed by atoms with Crippen LogP contribution in [0.3, 0.4) is 0 Å². The zero-order valence-electron chi connectivity index (χ0n) is 13.1. The van der Waals surface area contributed by atoms with Gasteiger partial charge in [-0.15, -0.1) is 0 Å². The summed E-state index contributed by atoms with van der Waals surface area (Å²) in [5.74, 6) is 0.471. The maximum Gasteiger partial charge on any atom is 0.411 e. The van der Waals surface area contributed by atoms with E-state index in [0.29, 0.717) is 18.1 Å². The number of hydrogen-bond donors (Lipinski definition) is 1. The van der Waals surface area contributed by atoms with E-state index in [9.17, 15) is 13.2 Å². The van der Waals surface area contributed by atoms with Gasteiger partial charge in [-0.25, -0.2) is 4.99 Å². The molecule has 0 spiro atoms. The summed E-state index contributed by atoms with van der Waals surface area (Å²) in [4.78, 5) is 8.46. The number of benzene rings is 1. The third-order valence-electron chi connectivity index (χ3n) is 2.52. The summed E-state index contributed by atoms with van der Waals surface area (Å²) in [5, 5.41) is 0. The highest BCUT2D eigenvalue weighted by Crippen LogP contribution is 2.14. The maximum atomic E-state index is 11.9. The van der Waals surface area contributed by atoms with Gasteiger partial charge in [0.05, 0.1) is 32.6 Å². The minimum atomic E-state index is -4.32. The molecule has 2 N–H and O–H groups in total. The summed E-state index contributed by atoms with van der Waals surface area (Å²) >= 11 is 0. The van der Waals surface area contributed by atoms with Gasteiger partial charge in [-0.05, 0) is 0 Å². The van der Waals surface area contributed by atoms with Crippen molar-refractivity contribution in [2.24, 2.45) is 15.7 Å². The second kappa shape index (κ2) is 10.6. The molecule has 0 heterocycles. The summed E-state index contributed by atoms with van der Waals surface area (Å²) in [6.07, 6.45) is -2.92. The smallest absolute Gasteiger partial charge is 0.398 e. The first-order valence-corrected chi connectivity index (χ1v) is 7.19. The molecule has 0 saturated carbocycles. The number of hydrogen-bond acceptors (Lipinski definition) is 4. The van der Waals surface area contributed by atoms with Crippen LogP contribution in [0.5, 0.6) is 0 Å². The van der Waals surface area contributed by atoms with E-state index in [1.807, 2.05) is 30.3 Å². The van der Waals surface area contributed by atoms with Crippen LogP contribution < -0.4 is 5.73 Å². The lowest BCUT2D eigenvalue weighted by Crippen LogP contribution is -2.19. The summed E-state index contributed by atoms with van der Waals surface area (Å²) in [7, 11) is 0. The van der Waals surface area contributed by atoms with E-state index >= 15 is 0 Å². The van der Waals surface area contributed by atoms with Crippen molar-refractivity contribution in [3.63, 3.8) is 0 Å². The highest BCUT2D eigenvalue weighted by atomic mass is 19.4. The van der Waals surface area contributed by atoms with Crippen molar-refractivity contribution in [1.29, 1.82) is 0 Å². The number of nitrogens with two attached hydrogens (primary N) is 1. The molecule has 0 aliphatic heterocycles. The van der Waals surface area contributed by atoms with E-state index in [4.69, 9.17) is 10.5 Å². The van der Waals surface area contributed by atoms with Gasteiger partial charge < -0.3 is 15.2 Å². The number of allylic oxidation sites excluding steroid dienone is 1. The van der Waals surface area contributed by atoms with E-state index in [-0.39, 0.29) is 19.8 Å². The molecule has 1 rings (SSSR count). The average molecular weight is 343 g/mol. The number of nitrogens with zero attached hydrogens (tertiary/aromatic N) is 2. The second-order valence-corrected chi connectivity index (χ2v) is 4.68. The normalized spacial score (nSPS) is 12.7. The van der Waals surface area contributed by atoms with E-state index in [1.165, 1.54) is 6.21 Å². The molecule has 0 aliphatic carbocycles. The molecule has 0 unspecified atom stereocenters. The van der Waals surface area contributed by atoms with Crippen LogP contribution in [0.15, 0.2) is 52.6 Å². The van der Waals surface area contributed by atoms with Crippen LogP contribution in [0.4, 0.5) is 13.2 Å². The molecule has 0 radical (unpaired) electrons. The average Bonchev–Trinajstić information content (AvgIpc) is 2.52. The zero-order chi connectivity index (χ0) is 17.8. The fourth-order valence-corrected chi connectivity index (χ4v) is 1.56. The Bertz CT molecular complexity index is 557. The van der Waals surface area contributed by atoms with Gasteiger partial charge in [-0.1, -0.05) is 36.9 Å². The summed E-state index contributed by atoms with van der Waals surface area (Å²) in [5.41, 5.74) is 6.57. The Morgan fingerprint density at radius 1 is 1.12 bits per heavy atom. The van der Waals surface area contributed by atoms with E-state index in [1.54, 1.807) is 0 Å². The third kappa shape index (κ3) is 9.75. The van der Waals surface area contributed by atoms with Crippen LogP contribution in [0, 0.1) is 0 Å². The predicted octanol–water partition coefficient (Wildman–Crippen LogP) is 2.57. The van der Waals surface area contributed by atoms with Crippen molar-refractivity contribution in [2.45, 2.75) is 6.18 Å². The lowest BCUT2D eigenvalue weighted by atomic mass is 10.2. The minimum Gasteiger partial charge on any atom is -0.398 e. The molecule has 0 fully saturated rings. The number of ether oxygens (including phenoxy) is 2. The summed E-state index contributed by atoms with van der Waals surface area (Å²) in [6.45, 7) is 2.74. The predicted molar refractivity (Wildman–Crippen MR) is 87.4 cm³/mol. The summed E-state index contributed by atoms with van der Waals surface area (Å²) < 4.78 is 45.2. The van der Waals surface area contributed by atoms with Gasteiger partial charge in [0.1, 0.15) is 6.61 Å². The molecule has 0 amide bonds. The molecule has 0 aliphatic rings. The Kier molecular flexibility index (Phi) is 8.74. The number of halogens is 3. The third-order valence-corrected chi connectivity index (χ3v) is 2.52. The number of aliphatic imine (C=N–C) groups is 2. The Labute approximate surface area is 138 Å². The quantitative estimate of drug-likeness (QED) is 0.426. The highest BCUT2D eigenvalue weighted by molar-refractivity contribution is 6.04. The van der Waals surface area contributed by atoms with Crippen LogP contribution in [0.25, 0.3) is 0 Å². The van der Waals surface area contributed by atoms with E-state index in [2.05, 4.69) is 21.3 Å². The van der Waals surface area contributed by atoms with Gasteiger partial charge in [0.15, 0.2) is 5.84 Å². The number of rotatable bonds is 9. The largest absolute Gasteiger partial charge is 0.411 e. The molecule has 1 aromatic carbocycles. The maximum absolute atomic E-state index is 11.9. The van der Waals surface area contributed by atoms with Crippen molar-refractivity contribution < 1.29 is 22.6 Å². The van der Waals surface area contributed by atoms with Gasteiger partial charge >= 0.3 is 6.18 Å². The Morgan fingerprint density at radius 3 is 2.42 bits per heavy atom. The first-order valence-electron chi connectivity index (χ1n) is 7.19. The van der Waals surface area contributed by atoms with Gasteiger partial charge in [0.2, 0.25) is 0 Å². The van der Waals surface area contributed by atoms with Crippen LogP contribution in [-0.2, 0) is 9.47 Å². The van der Waals surface area contributed by atoms with Crippen molar-refractivity contribution in [1.82, 2.24) is 0 Å². The first kappa shape index (κ1) is 19.9. The van der Waals surface area contributed by atoms with Gasteiger partial charge in [-0.3, -0.25) is 4.99 Å². The Morgan fingerprint density at radius 2 is 1.79 bits per heavy atom. The van der Waals surface area contributed by atoms with Gasteiger partial charge in [-0.2, -0.15) is 13.2 Å². The van der Waals surface area contributed by atoms with Crippen molar-refractivity contribution >= 4 is 12.1 Å². The SMILES string of the molecule is C=C(N)/C=N\C(=N/CCOCCOCC(F)(F)F)c1ccccc1. The van der Waals surface area contributed by atoms with E-state index in [0.717, 1.165) is 5.56 Å². The molecule has 132 valence electrons. The van der Waals surface area contributed by atoms with Crippen molar-refractivity contribution in [2.75, 3.05) is 33.0 Å². The molecule has 24 heavy (non-hydrogen) atoms. The lowest BCUT2D eigenvalue weighted by molar-refractivity contribution is -0.176. The Hall–Kier alpha value is -2.19. The van der Waals surface area contributed by atoms with E-state index < -0.39 is 12.8 Å². The fraction of sp³-hybridized carbons (Fsp3) is 0.375. The number of alkyl halides is 3. The zero-order valence-corrected chi connectivity index (χ0v) is 13.1. The molecule has 8 heteroatoms. The molecular formula is C16H20F3N3O2. The lowest BCUT2D eigenvalue weighted by Gasteiger charge is -2.07. The van der Waals surface area contributed by atoms with Gasteiger partial charge in [0, 0.05) is 11.3 Å². The van der Waals surface area contributed by atoms with Crippen LogP contribution in [0.2, 0.25) is 0 Å². The first-order chi connectivity index (χ1) is 11.4. The minimum absolute atomic E-state index is 0.0646.